The van der Waals surface area contributed by atoms with Gasteiger partial charge in [0.2, 0.25) is 11.9 Å². The zero-order valence-electron chi connectivity index (χ0n) is 13.0. The summed E-state index contributed by atoms with van der Waals surface area (Å²) in [5.74, 6) is -0.868. The van der Waals surface area contributed by atoms with Gasteiger partial charge in [-0.1, -0.05) is 6.07 Å². The number of rotatable bonds is 3. The Morgan fingerprint density at radius 1 is 1.17 bits per heavy atom. The minimum atomic E-state index is -0.717. The monoisotopic (exact) mass is 334 g/mol. The Balaban J connectivity index is 1.74. The van der Waals surface area contributed by atoms with E-state index in [0.29, 0.717) is 32.1 Å². The van der Waals surface area contributed by atoms with Crippen LogP contribution in [0, 0.1) is 11.6 Å². The van der Waals surface area contributed by atoms with E-state index in [4.69, 9.17) is 0 Å². The maximum Gasteiger partial charge on any atom is 0.247 e. The first-order valence-electron chi connectivity index (χ1n) is 7.46. The molecule has 1 aliphatic heterocycles. The summed E-state index contributed by atoms with van der Waals surface area (Å²) in [4.78, 5) is 19.2. The van der Waals surface area contributed by atoms with Gasteiger partial charge in [-0.25, -0.2) is 8.78 Å². The maximum absolute atomic E-state index is 13.7. The van der Waals surface area contributed by atoms with Crippen LogP contribution in [0.1, 0.15) is 6.92 Å². The van der Waals surface area contributed by atoms with Gasteiger partial charge in [0.05, 0.1) is 6.20 Å². The quantitative estimate of drug-likeness (QED) is 0.918. The van der Waals surface area contributed by atoms with Gasteiger partial charge in [0, 0.05) is 33.1 Å². The average Bonchev–Trinajstić information content (AvgIpc) is 2.59. The smallest absolute Gasteiger partial charge is 0.247 e. The molecule has 1 saturated heterocycles. The van der Waals surface area contributed by atoms with Crippen molar-refractivity contribution < 1.29 is 13.6 Å². The van der Waals surface area contributed by atoms with Gasteiger partial charge >= 0.3 is 0 Å². The van der Waals surface area contributed by atoms with Crippen molar-refractivity contribution in [1.82, 2.24) is 20.1 Å². The van der Waals surface area contributed by atoms with Crippen molar-refractivity contribution in [2.75, 3.05) is 36.4 Å². The Morgan fingerprint density at radius 2 is 1.83 bits per heavy atom. The summed E-state index contributed by atoms with van der Waals surface area (Å²) >= 11 is 0. The normalized spacial score (nSPS) is 14.6. The molecule has 1 fully saturated rings. The highest BCUT2D eigenvalue weighted by Gasteiger charge is 2.21. The lowest BCUT2D eigenvalue weighted by Gasteiger charge is -2.33. The fourth-order valence-electron chi connectivity index (χ4n) is 2.45. The number of benzene rings is 1. The topological polar surface area (TPSA) is 74.2 Å². The van der Waals surface area contributed by atoms with E-state index < -0.39 is 11.6 Å². The van der Waals surface area contributed by atoms with Crippen LogP contribution in [0.15, 0.2) is 24.4 Å². The van der Waals surface area contributed by atoms with E-state index in [2.05, 4.69) is 20.5 Å². The van der Waals surface area contributed by atoms with Crippen LogP contribution in [0.3, 0.4) is 0 Å². The third-order valence-corrected chi connectivity index (χ3v) is 3.77. The number of anilines is 3. The summed E-state index contributed by atoms with van der Waals surface area (Å²) in [5, 5.41) is 10.4. The molecule has 0 unspecified atom stereocenters. The van der Waals surface area contributed by atoms with Crippen molar-refractivity contribution in [2.24, 2.45) is 0 Å². The van der Waals surface area contributed by atoms with E-state index in [1.165, 1.54) is 19.2 Å². The van der Waals surface area contributed by atoms with Crippen LogP contribution in [-0.2, 0) is 4.79 Å². The molecule has 1 amide bonds. The number of hydrogen-bond acceptors (Lipinski definition) is 6. The minimum Gasteiger partial charge on any atom is -0.339 e. The van der Waals surface area contributed by atoms with Gasteiger partial charge in [-0.05, 0) is 12.1 Å². The molecule has 0 saturated carbocycles. The molecule has 3 rings (SSSR count). The molecule has 0 spiro atoms. The van der Waals surface area contributed by atoms with E-state index in [1.54, 1.807) is 4.90 Å². The van der Waals surface area contributed by atoms with Crippen molar-refractivity contribution >= 4 is 23.4 Å². The highest BCUT2D eigenvalue weighted by Crippen LogP contribution is 2.22. The van der Waals surface area contributed by atoms with Crippen molar-refractivity contribution in [2.45, 2.75) is 6.92 Å². The summed E-state index contributed by atoms with van der Waals surface area (Å²) in [7, 11) is 0. The van der Waals surface area contributed by atoms with Crippen LogP contribution >= 0.6 is 0 Å². The van der Waals surface area contributed by atoms with Crippen LogP contribution in [0.4, 0.5) is 26.2 Å². The van der Waals surface area contributed by atoms with Crippen molar-refractivity contribution in [3.05, 3.63) is 36.0 Å². The molecule has 7 nitrogen and oxygen atoms in total. The molecule has 1 aromatic heterocycles. The summed E-state index contributed by atoms with van der Waals surface area (Å²) < 4.78 is 27.4. The summed E-state index contributed by atoms with van der Waals surface area (Å²) in [5.41, 5.74) is -0.287. The Labute approximate surface area is 137 Å². The number of amides is 1. The third-order valence-electron chi connectivity index (χ3n) is 3.77. The lowest BCUT2D eigenvalue weighted by molar-refractivity contribution is -0.129. The molecule has 0 radical (unpaired) electrons. The number of aromatic nitrogens is 3. The third kappa shape index (κ3) is 3.39. The van der Waals surface area contributed by atoms with Crippen LogP contribution in [0.2, 0.25) is 0 Å². The maximum atomic E-state index is 13.7. The highest BCUT2D eigenvalue weighted by molar-refractivity contribution is 5.73. The zero-order chi connectivity index (χ0) is 17.1. The van der Waals surface area contributed by atoms with Crippen LogP contribution in [0.5, 0.6) is 0 Å². The minimum absolute atomic E-state index is 0.0270. The first-order chi connectivity index (χ1) is 11.5. The van der Waals surface area contributed by atoms with E-state index in [0.717, 1.165) is 12.1 Å². The SMILES string of the molecule is CC(=O)N1CCN(c2nncc(Nc3c(F)cccc3F)n2)CC1. The second-order valence-electron chi connectivity index (χ2n) is 5.36. The Bertz CT molecular complexity index is 728. The molecule has 126 valence electrons. The number of para-hydroxylation sites is 1. The summed E-state index contributed by atoms with van der Waals surface area (Å²) in [6.07, 6.45) is 1.29. The predicted molar refractivity (Wildman–Crippen MR) is 83.9 cm³/mol. The number of carbonyl (C=O) groups excluding carboxylic acids is 1. The molecule has 0 aliphatic carbocycles. The molecule has 9 heteroatoms. The number of hydrogen-bond donors (Lipinski definition) is 1. The van der Waals surface area contributed by atoms with Gasteiger partial charge in [-0.2, -0.15) is 10.1 Å². The standard InChI is InChI=1S/C15H16F2N6O/c1-10(24)22-5-7-23(8-6-22)15-20-13(9-18-21-15)19-14-11(16)3-2-4-12(14)17/h2-4,9H,5-8H2,1H3,(H,19,20,21). The largest absolute Gasteiger partial charge is 0.339 e. The number of nitrogens with zero attached hydrogens (tertiary/aromatic N) is 5. The van der Waals surface area contributed by atoms with Crippen molar-refractivity contribution in [3.8, 4) is 0 Å². The Hall–Kier alpha value is -2.84. The predicted octanol–water partition coefficient (Wildman–Crippen LogP) is 1.56. The Morgan fingerprint density at radius 3 is 2.46 bits per heavy atom. The van der Waals surface area contributed by atoms with Crippen LogP contribution < -0.4 is 10.2 Å². The molecule has 1 aromatic carbocycles. The van der Waals surface area contributed by atoms with Crippen LogP contribution in [0.25, 0.3) is 0 Å². The number of carbonyl (C=O) groups is 1. The van der Waals surface area contributed by atoms with Crippen molar-refractivity contribution in [3.63, 3.8) is 0 Å². The lowest BCUT2D eigenvalue weighted by Crippen LogP contribution is -2.48. The molecule has 2 heterocycles. The van der Waals surface area contributed by atoms with E-state index in [-0.39, 0.29) is 17.4 Å². The lowest BCUT2D eigenvalue weighted by atomic mass is 10.3. The van der Waals surface area contributed by atoms with Gasteiger partial charge in [0.1, 0.15) is 17.3 Å². The van der Waals surface area contributed by atoms with Crippen LogP contribution in [-0.4, -0.2) is 52.2 Å². The molecule has 0 atom stereocenters. The molecular formula is C15H16F2N6O. The van der Waals surface area contributed by atoms with Gasteiger partial charge in [-0.3, -0.25) is 4.79 Å². The molecule has 24 heavy (non-hydrogen) atoms. The number of halogens is 2. The molecule has 1 aliphatic rings. The fourth-order valence-corrected chi connectivity index (χ4v) is 2.45. The fraction of sp³-hybridized carbons (Fsp3) is 0.333. The molecule has 2 aromatic rings. The zero-order valence-corrected chi connectivity index (χ0v) is 13.0. The number of piperazine rings is 1. The van der Waals surface area contributed by atoms with Gasteiger partial charge < -0.3 is 15.1 Å². The number of nitrogens with one attached hydrogen (secondary N) is 1. The second kappa shape index (κ2) is 6.73. The van der Waals surface area contributed by atoms with Gasteiger partial charge in [0.25, 0.3) is 0 Å². The molecule has 1 N–H and O–H groups in total. The van der Waals surface area contributed by atoms with E-state index >= 15 is 0 Å². The average molecular weight is 334 g/mol. The van der Waals surface area contributed by atoms with E-state index in [9.17, 15) is 13.6 Å². The summed E-state index contributed by atoms with van der Waals surface area (Å²) in [6, 6.07) is 3.60. The molecular weight excluding hydrogens is 318 g/mol. The van der Waals surface area contributed by atoms with E-state index in [1.807, 2.05) is 4.90 Å². The first-order valence-corrected chi connectivity index (χ1v) is 7.46. The summed E-state index contributed by atoms with van der Waals surface area (Å²) in [6.45, 7) is 3.80. The molecule has 0 bridgehead atoms. The second-order valence-corrected chi connectivity index (χ2v) is 5.36. The highest BCUT2D eigenvalue weighted by atomic mass is 19.1. The van der Waals surface area contributed by atoms with Gasteiger partial charge in [-0.15, -0.1) is 5.10 Å². The van der Waals surface area contributed by atoms with Crippen molar-refractivity contribution in [1.29, 1.82) is 0 Å². The first kappa shape index (κ1) is 16.0. The Kier molecular flexibility index (Phi) is 4.50. The van der Waals surface area contributed by atoms with Gasteiger partial charge in [0.15, 0.2) is 5.82 Å².